The van der Waals surface area contributed by atoms with Gasteiger partial charge < -0.3 is 18.6 Å². The van der Waals surface area contributed by atoms with Crippen molar-refractivity contribution in [2.24, 2.45) is 5.10 Å². The van der Waals surface area contributed by atoms with Gasteiger partial charge in [0, 0.05) is 0 Å². The lowest BCUT2D eigenvalue weighted by atomic mass is 10.2. The number of aromatic nitrogens is 2. The van der Waals surface area contributed by atoms with Crippen LogP contribution in [0.3, 0.4) is 0 Å². The minimum atomic E-state index is -0.348. The maximum atomic E-state index is 13.6. The van der Waals surface area contributed by atoms with Crippen molar-refractivity contribution in [1.82, 2.24) is 9.66 Å². The Morgan fingerprint density at radius 3 is 2.60 bits per heavy atom. The molecule has 0 atom stereocenters. The van der Waals surface area contributed by atoms with E-state index in [1.54, 1.807) is 67.9 Å². The highest BCUT2D eigenvalue weighted by Crippen LogP contribution is 2.33. The van der Waals surface area contributed by atoms with Crippen LogP contribution in [-0.2, 0) is 6.61 Å². The Morgan fingerprint density at radius 1 is 0.905 bits per heavy atom. The van der Waals surface area contributed by atoms with Gasteiger partial charge in [-0.25, -0.2) is 9.37 Å². The summed E-state index contributed by atoms with van der Waals surface area (Å²) in [5.41, 5.74) is 2.13. The topological polar surface area (TPSA) is 88.1 Å². The normalized spacial score (nSPS) is 11.4. The van der Waals surface area contributed by atoms with Crippen molar-refractivity contribution in [3.63, 3.8) is 0 Å². The average Bonchev–Trinajstić information content (AvgIpc) is 3.45. The summed E-state index contributed by atoms with van der Waals surface area (Å²) in [6, 6.07) is 25.9. The summed E-state index contributed by atoms with van der Waals surface area (Å²) in [7, 11) is 1.59. The van der Waals surface area contributed by atoms with Crippen LogP contribution in [0.2, 0.25) is 0 Å². The molecule has 0 aliphatic rings. The van der Waals surface area contributed by atoms with Crippen LogP contribution in [0.5, 0.6) is 17.2 Å². The molecular formula is C33H26FN3O5. The first-order chi connectivity index (χ1) is 20.5. The summed E-state index contributed by atoms with van der Waals surface area (Å²) >= 11 is 0. The van der Waals surface area contributed by atoms with Crippen LogP contribution in [-0.4, -0.2) is 29.6 Å². The van der Waals surface area contributed by atoms with Crippen LogP contribution in [0.15, 0.2) is 105 Å². The number of para-hydroxylation sites is 1. The van der Waals surface area contributed by atoms with Gasteiger partial charge in [-0.2, -0.15) is 9.78 Å². The molecule has 6 rings (SSSR count). The minimum Gasteiger partial charge on any atom is -0.496 e. The fraction of sp³-hybridized carbons (Fsp3) is 0.121. The lowest BCUT2D eigenvalue weighted by molar-refractivity contribution is 0.269. The van der Waals surface area contributed by atoms with Crippen molar-refractivity contribution < 1.29 is 23.0 Å². The standard InChI is InChI=1S/C33H26FN3O5/c1-3-40-30-17-21(14-15-29(30)41-20-22-8-6-9-23(34)16-22)19-35-37-32(36-26-11-5-4-10-24(26)33(37)38)31-18-25-27(39-2)12-7-13-28(25)42-31/h4-19H,3,20H2,1-2H3. The minimum absolute atomic E-state index is 0.176. The quantitative estimate of drug-likeness (QED) is 0.180. The molecule has 4 aromatic carbocycles. The number of halogens is 1. The van der Waals surface area contributed by atoms with E-state index in [0.717, 1.165) is 5.39 Å². The van der Waals surface area contributed by atoms with Gasteiger partial charge in [0.15, 0.2) is 17.3 Å². The number of nitrogens with zero attached hydrogens (tertiary/aromatic N) is 3. The summed E-state index contributed by atoms with van der Waals surface area (Å²) in [5, 5.41) is 5.71. The molecule has 6 aromatic rings. The van der Waals surface area contributed by atoms with Crippen LogP contribution in [0.25, 0.3) is 33.5 Å². The summed E-state index contributed by atoms with van der Waals surface area (Å²) < 4.78 is 38.1. The van der Waals surface area contributed by atoms with E-state index in [1.807, 2.05) is 31.2 Å². The van der Waals surface area contributed by atoms with E-state index in [2.05, 4.69) is 5.10 Å². The van der Waals surface area contributed by atoms with Crippen molar-refractivity contribution in [2.45, 2.75) is 13.5 Å². The number of hydrogen-bond acceptors (Lipinski definition) is 7. The molecule has 0 spiro atoms. The van der Waals surface area contributed by atoms with E-state index in [-0.39, 0.29) is 23.8 Å². The smallest absolute Gasteiger partial charge is 0.282 e. The van der Waals surface area contributed by atoms with Crippen LogP contribution in [0, 0.1) is 5.82 Å². The van der Waals surface area contributed by atoms with Crippen molar-refractivity contribution in [3.8, 4) is 28.8 Å². The first kappa shape index (κ1) is 26.8. The van der Waals surface area contributed by atoms with Crippen molar-refractivity contribution in [2.75, 3.05) is 13.7 Å². The number of hydrogen-bond donors (Lipinski definition) is 0. The lowest BCUT2D eigenvalue weighted by Crippen LogP contribution is -2.20. The van der Waals surface area contributed by atoms with Crippen LogP contribution >= 0.6 is 0 Å². The molecule has 0 bridgehead atoms. The van der Waals surface area contributed by atoms with E-state index in [1.165, 1.54) is 16.8 Å². The number of rotatable bonds is 9. The Balaban J connectivity index is 1.39. The Kier molecular flexibility index (Phi) is 7.38. The van der Waals surface area contributed by atoms with Gasteiger partial charge in [0.25, 0.3) is 5.56 Å². The summed E-state index contributed by atoms with van der Waals surface area (Å²) in [6.07, 6.45) is 1.55. The fourth-order valence-corrected chi connectivity index (χ4v) is 4.62. The highest BCUT2D eigenvalue weighted by molar-refractivity contribution is 5.88. The monoisotopic (exact) mass is 563 g/mol. The third kappa shape index (κ3) is 5.32. The van der Waals surface area contributed by atoms with Crippen molar-refractivity contribution in [1.29, 1.82) is 0 Å². The van der Waals surface area contributed by atoms with Crippen molar-refractivity contribution >= 4 is 28.1 Å². The maximum absolute atomic E-state index is 13.6. The van der Waals surface area contributed by atoms with Gasteiger partial charge in [-0.3, -0.25) is 4.79 Å². The van der Waals surface area contributed by atoms with Crippen LogP contribution in [0.4, 0.5) is 4.39 Å². The zero-order chi connectivity index (χ0) is 29.1. The molecule has 0 amide bonds. The lowest BCUT2D eigenvalue weighted by Gasteiger charge is -2.13. The summed E-state index contributed by atoms with van der Waals surface area (Å²) in [5.74, 6) is 1.92. The first-order valence-corrected chi connectivity index (χ1v) is 13.3. The molecular weight excluding hydrogens is 537 g/mol. The predicted molar refractivity (Wildman–Crippen MR) is 159 cm³/mol. The highest BCUT2D eigenvalue weighted by atomic mass is 19.1. The molecule has 0 radical (unpaired) electrons. The van der Waals surface area contributed by atoms with E-state index in [0.29, 0.717) is 57.2 Å². The second-order valence-corrected chi connectivity index (χ2v) is 9.35. The van der Waals surface area contributed by atoms with E-state index >= 15 is 0 Å². The van der Waals surface area contributed by atoms with Gasteiger partial charge in [-0.1, -0.05) is 30.3 Å². The molecule has 0 saturated carbocycles. The largest absolute Gasteiger partial charge is 0.496 e. The molecule has 9 heteroatoms. The number of benzene rings is 4. The van der Waals surface area contributed by atoms with Crippen LogP contribution < -0.4 is 19.8 Å². The number of ether oxygens (including phenoxy) is 3. The Labute approximate surface area is 240 Å². The Hall–Kier alpha value is -5.44. The molecule has 2 heterocycles. The molecule has 0 unspecified atom stereocenters. The molecule has 42 heavy (non-hydrogen) atoms. The molecule has 0 fully saturated rings. The third-order valence-electron chi connectivity index (χ3n) is 6.59. The fourth-order valence-electron chi connectivity index (χ4n) is 4.62. The number of fused-ring (bicyclic) bond motifs is 2. The molecule has 210 valence electrons. The number of methoxy groups -OCH3 is 1. The third-order valence-corrected chi connectivity index (χ3v) is 6.59. The molecule has 0 N–H and O–H groups in total. The molecule has 0 aliphatic heterocycles. The van der Waals surface area contributed by atoms with Crippen molar-refractivity contribution in [3.05, 3.63) is 118 Å². The zero-order valence-corrected chi connectivity index (χ0v) is 22.9. The highest BCUT2D eigenvalue weighted by Gasteiger charge is 2.18. The molecule has 8 nitrogen and oxygen atoms in total. The van der Waals surface area contributed by atoms with Crippen LogP contribution in [0.1, 0.15) is 18.1 Å². The molecule has 0 aliphatic carbocycles. The first-order valence-electron chi connectivity index (χ1n) is 13.3. The Bertz CT molecular complexity index is 2000. The second kappa shape index (κ2) is 11.6. The second-order valence-electron chi connectivity index (χ2n) is 9.35. The predicted octanol–water partition coefficient (Wildman–Crippen LogP) is 6.82. The Morgan fingerprint density at radius 2 is 1.76 bits per heavy atom. The summed E-state index contributed by atoms with van der Waals surface area (Å²) in [6.45, 7) is 2.45. The molecule has 0 saturated heterocycles. The van der Waals surface area contributed by atoms with Gasteiger partial charge >= 0.3 is 0 Å². The zero-order valence-electron chi connectivity index (χ0n) is 22.9. The van der Waals surface area contributed by atoms with E-state index < -0.39 is 0 Å². The van der Waals surface area contributed by atoms with E-state index in [4.69, 9.17) is 23.6 Å². The van der Waals surface area contributed by atoms with E-state index in [9.17, 15) is 9.18 Å². The summed E-state index contributed by atoms with van der Waals surface area (Å²) in [4.78, 5) is 18.4. The van der Waals surface area contributed by atoms with Gasteiger partial charge in [0.1, 0.15) is 23.8 Å². The van der Waals surface area contributed by atoms with Gasteiger partial charge in [0.2, 0.25) is 5.82 Å². The average molecular weight is 564 g/mol. The SMILES string of the molecule is CCOc1cc(C=Nn2c(-c3cc4c(OC)cccc4o3)nc3ccccc3c2=O)ccc1OCc1cccc(F)c1. The van der Waals surface area contributed by atoms with Gasteiger partial charge in [-0.15, -0.1) is 0 Å². The van der Waals surface area contributed by atoms with Gasteiger partial charge in [-0.05, 0) is 78.7 Å². The molecule has 2 aromatic heterocycles. The number of furan rings is 1. The maximum Gasteiger partial charge on any atom is 0.282 e. The van der Waals surface area contributed by atoms with Gasteiger partial charge in [0.05, 0.1) is 36.2 Å².